The minimum atomic E-state index is -0.326. The summed E-state index contributed by atoms with van der Waals surface area (Å²) in [6.45, 7) is 0.666. The van der Waals surface area contributed by atoms with E-state index in [-0.39, 0.29) is 17.7 Å². The Morgan fingerprint density at radius 3 is 2.57 bits per heavy atom. The summed E-state index contributed by atoms with van der Waals surface area (Å²) in [5.74, 6) is 1.42. The topological polar surface area (TPSA) is 68.7 Å². The van der Waals surface area contributed by atoms with Gasteiger partial charge in [-0.1, -0.05) is 6.07 Å². The van der Waals surface area contributed by atoms with Crippen LogP contribution in [0.1, 0.15) is 63.4 Å². The number of Topliss-reactive ketones (excluding diaryl/α,β-unsaturated/α-hetero) is 1. The molecule has 6 heteroatoms. The Morgan fingerprint density at radius 2 is 1.83 bits per heavy atom. The van der Waals surface area contributed by atoms with Gasteiger partial charge in [0.25, 0.3) is 0 Å². The Balaban J connectivity index is 1.30. The number of ketones is 1. The molecule has 0 N–H and O–H groups in total. The van der Waals surface area contributed by atoms with E-state index < -0.39 is 0 Å². The van der Waals surface area contributed by atoms with E-state index >= 15 is 0 Å². The van der Waals surface area contributed by atoms with Gasteiger partial charge in [-0.2, -0.15) is 0 Å². The Morgan fingerprint density at radius 1 is 1.06 bits per heavy atom. The van der Waals surface area contributed by atoms with Gasteiger partial charge in [-0.3, -0.25) is 9.78 Å². The second kappa shape index (κ2) is 9.90. The molecule has 0 spiro atoms. The van der Waals surface area contributed by atoms with Gasteiger partial charge in [0.15, 0.2) is 5.78 Å². The maximum Gasteiger partial charge on any atom is 0.338 e. The first-order chi connectivity index (χ1) is 17.0. The van der Waals surface area contributed by atoms with Crippen LogP contribution in [0, 0.1) is 5.92 Å². The predicted molar refractivity (Wildman–Crippen MR) is 135 cm³/mol. The largest absolute Gasteiger partial charge is 0.493 e. The number of fused-ring (bicyclic) bond motifs is 1. The third-order valence-corrected chi connectivity index (χ3v) is 7.11. The average Bonchev–Trinajstić information content (AvgIpc) is 3.76. The first-order valence-corrected chi connectivity index (χ1v) is 12.2. The summed E-state index contributed by atoms with van der Waals surface area (Å²) in [5.41, 5.74) is 5.54. The lowest BCUT2D eigenvalue weighted by Crippen LogP contribution is -2.17. The number of anilines is 2. The molecule has 35 heavy (non-hydrogen) atoms. The van der Waals surface area contributed by atoms with Crippen LogP contribution in [0.15, 0.2) is 60.9 Å². The molecule has 0 radical (unpaired) electrons. The number of esters is 1. The highest BCUT2D eigenvalue weighted by Gasteiger charge is 2.30. The minimum absolute atomic E-state index is 0.231. The van der Waals surface area contributed by atoms with Gasteiger partial charge in [0.1, 0.15) is 5.75 Å². The van der Waals surface area contributed by atoms with Crippen molar-refractivity contribution in [3.05, 3.63) is 83.2 Å². The number of carbonyl (C=O) groups excluding carboxylic acids is 2. The Labute approximate surface area is 205 Å². The zero-order chi connectivity index (χ0) is 24.4. The van der Waals surface area contributed by atoms with E-state index in [2.05, 4.69) is 28.1 Å². The van der Waals surface area contributed by atoms with Crippen molar-refractivity contribution >= 4 is 23.1 Å². The van der Waals surface area contributed by atoms with Crippen LogP contribution in [0.3, 0.4) is 0 Å². The van der Waals surface area contributed by atoms with Gasteiger partial charge in [0.05, 0.1) is 19.3 Å². The molecule has 2 aromatic carbocycles. The lowest BCUT2D eigenvalue weighted by molar-refractivity contribution is 0.0599. The van der Waals surface area contributed by atoms with E-state index in [1.54, 1.807) is 18.5 Å². The fourth-order valence-electron chi connectivity index (χ4n) is 4.81. The standard InChI is InChI=1S/C29H30N2O4/c1-31(23-9-7-21(8-10-23)28(32)20-4-5-20)24-11-12-25-19(14-16-35-27(25)17-24)3-6-22-18-30-15-13-26(22)29(33)34-2/h7-13,15,17-20H,3-6,14,16H2,1-2H3/t19-/m1/s1. The number of aromatic nitrogens is 1. The molecule has 180 valence electrons. The molecule has 1 aromatic heterocycles. The van der Waals surface area contributed by atoms with E-state index in [0.717, 1.165) is 60.4 Å². The number of hydrogen-bond donors (Lipinski definition) is 0. The molecule has 1 aliphatic carbocycles. The van der Waals surface area contributed by atoms with Crippen molar-refractivity contribution in [2.24, 2.45) is 5.92 Å². The van der Waals surface area contributed by atoms with Gasteiger partial charge in [-0.25, -0.2) is 4.79 Å². The zero-order valence-corrected chi connectivity index (χ0v) is 20.2. The number of methoxy groups -OCH3 is 1. The molecule has 0 bridgehead atoms. The van der Waals surface area contributed by atoms with Crippen LogP contribution in [0.5, 0.6) is 5.75 Å². The lowest BCUT2D eigenvalue weighted by atomic mass is 9.87. The van der Waals surface area contributed by atoms with Crippen molar-refractivity contribution in [3.8, 4) is 5.75 Å². The van der Waals surface area contributed by atoms with Crippen LogP contribution in [0.4, 0.5) is 11.4 Å². The normalized spacial score (nSPS) is 16.7. The Kier molecular flexibility index (Phi) is 6.53. The minimum Gasteiger partial charge on any atom is -0.493 e. The highest BCUT2D eigenvalue weighted by atomic mass is 16.5. The summed E-state index contributed by atoms with van der Waals surface area (Å²) < 4.78 is 11.0. The van der Waals surface area contributed by atoms with Crippen LogP contribution in [-0.4, -0.2) is 37.5 Å². The molecule has 5 rings (SSSR count). The van der Waals surface area contributed by atoms with Gasteiger partial charge in [-0.15, -0.1) is 0 Å². The zero-order valence-electron chi connectivity index (χ0n) is 20.2. The molecule has 1 saturated carbocycles. The van der Waals surface area contributed by atoms with Gasteiger partial charge in [0.2, 0.25) is 0 Å². The van der Waals surface area contributed by atoms with Gasteiger partial charge >= 0.3 is 5.97 Å². The summed E-state index contributed by atoms with van der Waals surface area (Å²) >= 11 is 0. The molecule has 1 aliphatic heterocycles. The number of pyridine rings is 1. The molecule has 0 unspecified atom stereocenters. The third kappa shape index (κ3) is 4.92. The second-order valence-corrected chi connectivity index (χ2v) is 9.36. The lowest BCUT2D eigenvalue weighted by Gasteiger charge is -2.28. The monoisotopic (exact) mass is 470 g/mol. The Bertz CT molecular complexity index is 1230. The average molecular weight is 471 g/mol. The number of hydrogen-bond acceptors (Lipinski definition) is 6. The van der Waals surface area contributed by atoms with Crippen molar-refractivity contribution in [1.29, 1.82) is 0 Å². The molecular weight excluding hydrogens is 440 g/mol. The molecule has 2 aliphatic rings. The van der Waals surface area contributed by atoms with Crippen LogP contribution < -0.4 is 9.64 Å². The van der Waals surface area contributed by atoms with E-state index in [0.29, 0.717) is 18.1 Å². The fraction of sp³-hybridized carbons (Fsp3) is 0.345. The fourth-order valence-corrected chi connectivity index (χ4v) is 4.81. The van der Waals surface area contributed by atoms with Gasteiger partial charge < -0.3 is 14.4 Å². The number of carbonyl (C=O) groups is 2. The van der Waals surface area contributed by atoms with Crippen LogP contribution >= 0.6 is 0 Å². The summed E-state index contributed by atoms with van der Waals surface area (Å²) in [5, 5.41) is 0. The smallest absolute Gasteiger partial charge is 0.338 e. The first-order valence-electron chi connectivity index (χ1n) is 12.2. The highest BCUT2D eigenvalue weighted by Crippen LogP contribution is 2.40. The number of ether oxygens (including phenoxy) is 2. The molecule has 1 atom stereocenters. The van der Waals surface area contributed by atoms with E-state index in [4.69, 9.17) is 9.47 Å². The molecule has 1 fully saturated rings. The number of benzene rings is 2. The Hall–Kier alpha value is -3.67. The third-order valence-electron chi connectivity index (χ3n) is 7.11. The SMILES string of the molecule is COC(=O)c1ccncc1CC[C@@H]1CCOc2cc(N(C)c3ccc(C(=O)C4CC4)cc3)ccc21. The number of rotatable bonds is 8. The van der Waals surface area contributed by atoms with E-state index in [1.807, 2.05) is 31.3 Å². The highest BCUT2D eigenvalue weighted by molar-refractivity contribution is 5.99. The second-order valence-electron chi connectivity index (χ2n) is 9.36. The van der Waals surface area contributed by atoms with Crippen molar-refractivity contribution in [2.45, 2.75) is 38.0 Å². The summed E-state index contributed by atoms with van der Waals surface area (Å²) in [4.78, 5) is 30.7. The predicted octanol–water partition coefficient (Wildman–Crippen LogP) is 5.73. The van der Waals surface area contributed by atoms with E-state index in [9.17, 15) is 9.59 Å². The van der Waals surface area contributed by atoms with Crippen LogP contribution in [-0.2, 0) is 11.2 Å². The maximum atomic E-state index is 12.3. The molecular formula is C29H30N2O4. The summed E-state index contributed by atoms with van der Waals surface area (Å²) in [7, 11) is 3.43. The molecule has 6 nitrogen and oxygen atoms in total. The van der Waals surface area contributed by atoms with Crippen molar-refractivity contribution in [1.82, 2.24) is 4.98 Å². The van der Waals surface area contributed by atoms with Crippen molar-refractivity contribution < 1.29 is 19.1 Å². The van der Waals surface area contributed by atoms with E-state index in [1.165, 1.54) is 12.7 Å². The number of aryl methyl sites for hydroxylation is 1. The molecule has 0 amide bonds. The van der Waals surface area contributed by atoms with Crippen molar-refractivity contribution in [3.63, 3.8) is 0 Å². The quantitative estimate of drug-likeness (QED) is 0.309. The summed E-state index contributed by atoms with van der Waals surface area (Å²) in [6.07, 6.45) is 8.00. The van der Waals surface area contributed by atoms with Gasteiger partial charge in [-0.05, 0) is 85.5 Å². The van der Waals surface area contributed by atoms with Crippen molar-refractivity contribution in [2.75, 3.05) is 25.7 Å². The maximum absolute atomic E-state index is 12.3. The van der Waals surface area contributed by atoms with Gasteiger partial charge in [0, 0.05) is 48.4 Å². The number of nitrogens with zero attached hydrogens (tertiary/aromatic N) is 2. The molecule has 0 saturated heterocycles. The molecule has 3 aromatic rings. The summed E-state index contributed by atoms with van der Waals surface area (Å²) in [6, 6.07) is 16.0. The van der Waals surface area contributed by atoms with Crippen LogP contribution in [0.2, 0.25) is 0 Å². The molecule has 2 heterocycles. The first kappa shape index (κ1) is 23.1. The van der Waals surface area contributed by atoms with Crippen LogP contribution in [0.25, 0.3) is 0 Å².